The van der Waals surface area contributed by atoms with Gasteiger partial charge in [0, 0.05) is 11.8 Å². The van der Waals surface area contributed by atoms with Crippen molar-refractivity contribution >= 4 is 5.97 Å². The van der Waals surface area contributed by atoms with E-state index >= 15 is 0 Å². The molecular formula is C24H44O5. The zero-order chi connectivity index (χ0) is 21.6. The fraction of sp³-hybridized carbons (Fsp3) is 0.792. The van der Waals surface area contributed by atoms with Crippen LogP contribution in [0.4, 0.5) is 0 Å². The SMILES string of the molecule is CCCCC/C=C\C/C=C\CCCCCCCC(=O)OCCC(CO)(CO)CO. The standard InChI is InChI=1S/C24H44O5/c1-2-3-4-5-6-7-8-9-10-11-12-13-14-15-16-17-23(28)29-19-18-24(20-25,21-26)22-27/h6-7,9-10,25-27H,2-5,8,11-22H2,1H3/b7-6-,10-9-. The van der Waals surface area contributed by atoms with Crippen LogP contribution in [0.5, 0.6) is 0 Å². The van der Waals surface area contributed by atoms with Crippen molar-refractivity contribution in [1.29, 1.82) is 0 Å². The molecule has 0 bridgehead atoms. The molecule has 0 aliphatic heterocycles. The first-order valence-electron chi connectivity index (χ1n) is 11.4. The van der Waals surface area contributed by atoms with E-state index in [1.54, 1.807) is 0 Å². The van der Waals surface area contributed by atoms with Crippen molar-refractivity contribution in [3.05, 3.63) is 24.3 Å². The van der Waals surface area contributed by atoms with Crippen LogP contribution in [-0.4, -0.2) is 47.7 Å². The van der Waals surface area contributed by atoms with Crippen LogP contribution in [0, 0.1) is 5.41 Å². The largest absolute Gasteiger partial charge is 0.466 e. The Morgan fingerprint density at radius 2 is 1.34 bits per heavy atom. The highest BCUT2D eigenvalue weighted by atomic mass is 16.5. The third-order valence-corrected chi connectivity index (χ3v) is 5.23. The summed E-state index contributed by atoms with van der Waals surface area (Å²) in [5.74, 6) is -0.251. The molecule has 3 N–H and O–H groups in total. The quantitative estimate of drug-likeness (QED) is 0.153. The van der Waals surface area contributed by atoms with E-state index in [4.69, 9.17) is 4.74 Å². The van der Waals surface area contributed by atoms with E-state index in [-0.39, 0.29) is 38.8 Å². The lowest BCUT2D eigenvalue weighted by Crippen LogP contribution is -2.35. The van der Waals surface area contributed by atoms with Crippen molar-refractivity contribution in [3.63, 3.8) is 0 Å². The number of esters is 1. The summed E-state index contributed by atoms with van der Waals surface area (Å²) in [5.41, 5.74) is -0.973. The van der Waals surface area contributed by atoms with Gasteiger partial charge in [-0.3, -0.25) is 4.79 Å². The molecule has 0 rings (SSSR count). The molecule has 0 amide bonds. The first-order valence-corrected chi connectivity index (χ1v) is 11.4. The molecular weight excluding hydrogens is 368 g/mol. The average molecular weight is 413 g/mol. The number of carbonyl (C=O) groups is 1. The number of allylic oxidation sites excluding steroid dienone is 4. The van der Waals surface area contributed by atoms with Gasteiger partial charge in [-0.1, -0.05) is 63.3 Å². The predicted molar refractivity (Wildman–Crippen MR) is 119 cm³/mol. The van der Waals surface area contributed by atoms with Gasteiger partial charge < -0.3 is 20.1 Å². The molecule has 0 aliphatic rings. The summed E-state index contributed by atoms with van der Waals surface area (Å²) in [6, 6.07) is 0. The molecule has 0 atom stereocenters. The Morgan fingerprint density at radius 3 is 1.93 bits per heavy atom. The molecule has 0 unspecified atom stereocenters. The summed E-state index contributed by atoms with van der Waals surface area (Å²) >= 11 is 0. The van der Waals surface area contributed by atoms with Crippen molar-refractivity contribution in [2.75, 3.05) is 26.4 Å². The maximum Gasteiger partial charge on any atom is 0.305 e. The Bertz CT molecular complexity index is 419. The molecule has 0 heterocycles. The fourth-order valence-corrected chi connectivity index (χ4v) is 2.92. The maximum atomic E-state index is 11.7. The second kappa shape index (κ2) is 20.1. The van der Waals surface area contributed by atoms with E-state index in [9.17, 15) is 20.1 Å². The fourth-order valence-electron chi connectivity index (χ4n) is 2.92. The number of ether oxygens (including phenoxy) is 1. The lowest BCUT2D eigenvalue weighted by molar-refractivity contribution is -0.145. The van der Waals surface area contributed by atoms with Crippen molar-refractivity contribution in [2.24, 2.45) is 5.41 Å². The van der Waals surface area contributed by atoms with Gasteiger partial charge in [-0.05, 0) is 44.9 Å². The van der Waals surface area contributed by atoms with Gasteiger partial charge in [0.25, 0.3) is 0 Å². The molecule has 170 valence electrons. The van der Waals surface area contributed by atoms with Gasteiger partial charge in [-0.25, -0.2) is 0 Å². The van der Waals surface area contributed by atoms with Crippen LogP contribution in [0.2, 0.25) is 0 Å². The molecule has 29 heavy (non-hydrogen) atoms. The summed E-state index contributed by atoms with van der Waals surface area (Å²) in [7, 11) is 0. The number of hydrogen-bond donors (Lipinski definition) is 3. The summed E-state index contributed by atoms with van der Waals surface area (Å²) in [5, 5.41) is 27.7. The highest BCUT2D eigenvalue weighted by molar-refractivity contribution is 5.69. The number of aliphatic hydroxyl groups excluding tert-OH is 3. The van der Waals surface area contributed by atoms with Crippen LogP contribution >= 0.6 is 0 Å². The zero-order valence-electron chi connectivity index (χ0n) is 18.5. The van der Waals surface area contributed by atoms with Crippen molar-refractivity contribution < 1.29 is 24.9 Å². The molecule has 0 aromatic heterocycles. The van der Waals surface area contributed by atoms with Gasteiger partial charge >= 0.3 is 5.97 Å². The molecule has 0 saturated heterocycles. The van der Waals surface area contributed by atoms with Crippen molar-refractivity contribution in [1.82, 2.24) is 0 Å². The molecule has 0 radical (unpaired) electrons. The molecule has 5 nitrogen and oxygen atoms in total. The van der Waals surface area contributed by atoms with Gasteiger partial charge in [0.15, 0.2) is 0 Å². The number of hydrogen-bond acceptors (Lipinski definition) is 5. The molecule has 0 saturated carbocycles. The second-order valence-electron chi connectivity index (χ2n) is 7.93. The third kappa shape index (κ3) is 16.3. The molecule has 0 aliphatic carbocycles. The zero-order valence-corrected chi connectivity index (χ0v) is 18.5. The monoisotopic (exact) mass is 412 g/mol. The van der Waals surface area contributed by atoms with E-state index in [1.807, 2.05) is 0 Å². The van der Waals surface area contributed by atoms with E-state index in [2.05, 4.69) is 31.2 Å². The van der Waals surface area contributed by atoms with Crippen LogP contribution in [0.15, 0.2) is 24.3 Å². The normalized spacial score (nSPS) is 12.3. The third-order valence-electron chi connectivity index (χ3n) is 5.23. The van der Waals surface area contributed by atoms with Gasteiger partial charge in [0.05, 0.1) is 26.4 Å². The Morgan fingerprint density at radius 1 is 0.793 bits per heavy atom. The van der Waals surface area contributed by atoms with Gasteiger partial charge in [-0.2, -0.15) is 0 Å². The maximum absolute atomic E-state index is 11.7. The predicted octanol–water partition coefficient (Wildman–Crippen LogP) is 4.70. The smallest absolute Gasteiger partial charge is 0.305 e. The van der Waals surface area contributed by atoms with Crippen LogP contribution < -0.4 is 0 Å². The van der Waals surface area contributed by atoms with Crippen LogP contribution in [-0.2, 0) is 9.53 Å². The number of rotatable bonds is 20. The molecule has 5 heteroatoms. The van der Waals surface area contributed by atoms with Gasteiger partial charge in [0.1, 0.15) is 0 Å². The van der Waals surface area contributed by atoms with Crippen LogP contribution in [0.25, 0.3) is 0 Å². The van der Waals surface area contributed by atoms with Gasteiger partial charge in [-0.15, -0.1) is 0 Å². The second-order valence-corrected chi connectivity index (χ2v) is 7.93. The van der Waals surface area contributed by atoms with E-state index in [0.29, 0.717) is 6.42 Å². The van der Waals surface area contributed by atoms with Crippen LogP contribution in [0.1, 0.15) is 90.4 Å². The lowest BCUT2D eigenvalue weighted by atomic mass is 9.88. The van der Waals surface area contributed by atoms with Crippen molar-refractivity contribution in [3.8, 4) is 0 Å². The van der Waals surface area contributed by atoms with Crippen LogP contribution in [0.3, 0.4) is 0 Å². The lowest BCUT2D eigenvalue weighted by Gasteiger charge is -2.26. The summed E-state index contributed by atoms with van der Waals surface area (Å²) in [6.07, 6.45) is 22.3. The summed E-state index contributed by atoms with van der Waals surface area (Å²) < 4.78 is 5.14. The van der Waals surface area contributed by atoms with E-state index < -0.39 is 5.41 Å². The van der Waals surface area contributed by atoms with Crippen molar-refractivity contribution in [2.45, 2.75) is 90.4 Å². The Labute approximate surface area is 177 Å². The minimum Gasteiger partial charge on any atom is -0.466 e. The summed E-state index contributed by atoms with van der Waals surface area (Å²) in [6.45, 7) is 1.35. The molecule has 0 fully saturated rings. The molecule has 0 aromatic carbocycles. The molecule has 0 aromatic rings. The van der Waals surface area contributed by atoms with Gasteiger partial charge in [0.2, 0.25) is 0 Å². The highest BCUT2D eigenvalue weighted by Crippen LogP contribution is 2.20. The number of aliphatic hydroxyl groups is 3. The average Bonchev–Trinajstić information content (AvgIpc) is 2.74. The summed E-state index contributed by atoms with van der Waals surface area (Å²) in [4.78, 5) is 11.7. The minimum absolute atomic E-state index is 0.112. The Kier molecular flexibility index (Phi) is 19.3. The highest BCUT2D eigenvalue weighted by Gasteiger charge is 2.28. The topological polar surface area (TPSA) is 87.0 Å². The number of unbranched alkanes of at least 4 members (excludes halogenated alkanes) is 8. The van der Waals surface area contributed by atoms with E-state index in [0.717, 1.165) is 32.1 Å². The first kappa shape index (κ1) is 27.8. The number of carbonyl (C=O) groups excluding carboxylic acids is 1. The minimum atomic E-state index is -0.973. The first-order chi connectivity index (χ1) is 14.1. The Balaban J connectivity index is 3.49. The Hall–Kier alpha value is -1.17. The van der Waals surface area contributed by atoms with E-state index in [1.165, 1.54) is 38.5 Å². The molecule has 0 spiro atoms.